The molecule has 0 aromatic heterocycles. The summed E-state index contributed by atoms with van der Waals surface area (Å²) in [5.74, 6) is -0.198. The standard InChI is InChI=1S/C14H12BrClN2O/c1-8-6-10(17)3-5-13(8)18-14(19)11-4-2-9(16)7-12(11)15/h2-7H,17H2,1H3,(H,18,19). The Labute approximate surface area is 124 Å². The van der Waals surface area contributed by atoms with Crippen molar-refractivity contribution >= 4 is 44.8 Å². The van der Waals surface area contributed by atoms with Crippen LogP contribution < -0.4 is 11.1 Å². The molecule has 5 heteroatoms. The first kappa shape index (κ1) is 13.9. The Morgan fingerprint density at radius 1 is 1.26 bits per heavy atom. The van der Waals surface area contributed by atoms with E-state index in [9.17, 15) is 4.79 Å². The van der Waals surface area contributed by atoms with Crippen molar-refractivity contribution in [2.45, 2.75) is 6.92 Å². The Bertz CT molecular complexity index is 643. The number of hydrogen-bond donors (Lipinski definition) is 2. The zero-order chi connectivity index (χ0) is 14.0. The molecule has 0 aliphatic carbocycles. The van der Waals surface area contributed by atoms with Crippen LogP contribution in [0.2, 0.25) is 5.02 Å². The van der Waals surface area contributed by atoms with Gasteiger partial charge in [0.1, 0.15) is 0 Å². The van der Waals surface area contributed by atoms with Crippen LogP contribution in [0.1, 0.15) is 15.9 Å². The van der Waals surface area contributed by atoms with E-state index in [1.807, 2.05) is 13.0 Å². The van der Waals surface area contributed by atoms with E-state index < -0.39 is 0 Å². The van der Waals surface area contributed by atoms with Crippen LogP contribution in [-0.4, -0.2) is 5.91 Å². The molecule has 2 aromatic rings. The van der Waals surface area contributed by atoms with E-state index in [4.69, 9.17) is 17.3 Å². The third-order valence-electron chi connectivity index (χ3n) is 2.67. The lowest BCUT2D eigenvalue weighted by Gasteiger charge is -2.10. The lowest BCUT2D eigenvalue weighted by atomic mass is 10.1. The number of amides is 1. The van der Waals surface area contributed by atoms with Gasteiger partial charge in [-0.05, 0) is 64.8 Å². The third kappa shape index (κ3) is 3.28. The lowest BCUT2D eigenvalue weighted by molar-refractivity contribution is 0.102. The van der Waals surface area contributed by atoms with E-state index in [1.54, 1.807) is 30.3 Å². The van der Waals surface area contributed by atoms with Crippen LogP contribution >= 0.6 is 27.5 Å². The average molecular weight is 340 g/mol. The van der Waals surface area contributed by atoms with Gasteiger partial charge in [-0.1, -0.05) is 11.6 Å². The topological polar surface area (TPSA) is 55.1 Å². The van der Waals surface area contributed by atoms with Gasteiger partial charge < -0.3 is 11.1 Å². The molecule has 0 aliphatic heterocycles. The van der Waals surface area contributed by atoms with Crippen LogP contribution in [0.25, 0.3) is 0 Å². The first-order valence-corrected chi connectivity index (χ1v) is 6.77. The molecule has 2 rings (SSSR count). The number of carbonyl (C=O) groups excluding carboxylic acids is 1. The van der Waals surface area contributed by atoms with E-state index in [0.717, 1.165) is 11.3 Å². The van der Waals surface area contributed by atoms with E-state index in [2.05, 4.69) is 21.2 Å². The maximum absolute atomic E-state index is 12.2. The van der Waals surface area contributed by atoms with Crippen molar-refractivity contribution in [1.29, 1.82) is 0 Å². The monoisotopic (exact) mass is 338 g/mol. The number of nitrogen functional groups attached to an aromatic ring is 1. The van der Waals surface area contributed by atoms with E-state index >= 15 is 0 Å². The predicted molar refractivity (Wildman–Crippen MR) is 82.7 cm³/mol. The highest BCUT2D eigenvalue weighted by Crippen LogP contribution is 2.24. The second-order valence-electron chi connectivity index (χ2n) is 4.15. The molecule has 3 nitrogen and oxygen atoms in total. The number of halogens is 2. The Morgan fingerprint density at radius 3 is 2.63 bits per heavy atom. The number of rotatable bonds is 2. The van der Waals surface area contributed by atoms with Gasteiger partial charge in [0.25, 0.3) is 5.91 Å². The highest BCUT2D eigenvalue weighted by molar-refractivity contribution is 9.10. The van der Waals surface area contributed by atoms with E-state index in [0.29, 0.717) is 20.7 Å². The molecule has 0 heterocycles. The van der Waals surface area contributed by atoms with Crippen LogP contribution in [0, 0.1) is 6.92 Å². The number of benzene rings is 2. The Hall–Kier alpha value is -1.52. The molecule has 1 amide bonds. The Morgan fingerprint density at radius 2 is 2.00 bits per heavy atom. The quantitative estimate of drug-likeness (QED) is 0.804. The molecule has 0 spiro atoms. The summed E-state index contributed by atoms with van der Waals surface area (Å²) in [4.78, 5) is 12.2. The number of aryl methyl sites for hydroxylation is 1. The van der Waals surface area contributed by atoms with Crippen LogP contribution in [0.3, 0.4) is 0 Å². The second kappa shape index (κ2) is 5.63. The van der Waals surface area contributed by atoms with Gasteiger partial charge in [0.15, 0.2) is 0 Å². The van der Waals surface area contributed by atoms with Crippen molar-refractivity contribution in [3.05, 3.63) is 57.0 Å². The van der Waals surface area contributed by atoms with Gasteiger partial charge in [0.2, 0.25) is 0 Å². The maximum atomic E-state index is 12.2. The molecule has 2 aromatic carbocycles. The molecule has 0 fully saturated rings. The van der Waals surface area contributed by atoms with Gasteiger partial charge in [-0.2, -0.15) is 0 Å². The maximum Gasteiger partial charge on any atom is 0.256 e. The van der Waals surface area contributed by atoms with Gasteiger partial charge in [0.05, 0.1) is 5.56 Å². The smallest absolute Gasteiger partial charge is 0.256 e. The summed E-state index contributed by atoms with van der Waals surface area (Å²) in [6.45, 7) is 1.89. The molecule has 98 valence electrons. The van der Waals surface area contributed by atoms with Crippen molar-refractivity contribution in [1.82, 2.24) is 0 Å². The molecular weight excluding hydrogens is 328 g/mol. The molecule has 0 radical (unpaired) electrons. The molecule has 0 saturated carbocycles. The number of hydrogen-bond acceptors (Lipinski definition) is 2. The molecule has 0 bridgehead atoms. The summed E-state index contributed by atoms with van der Waals surface area (Å²) in [6, 6.07) is 10.4. The number of anilines is 2. The summed E-state index contributed by atoms with van der Waals surface area (Å²) in [7, 11) is 0. The van der Waals surface area contributed by atoms with Gasteiger partial charge in [-0.3, -0.25) is 4.79 Å². The number of carbonyl (C=O) groups is 1. The summed E-state index contributed by atoms with van der Waals surface area (Å²) < 4.78 is 0.658. The largest absolute Gasteiger partial charge is 0.399 e. The first-order chi connectivity index (χ1) is 8.97. The minimum Gasteiger partial charge on any atom is -0.399 e. The zero-order valence-corrected chi connectivity index (χ0v) is 12.5. The van der Waals surface area contributed by atoms with E-state index in [-0.39, 0.29) is 5.91 Å². The summed E-state index contributed by atoms with van der Waals surface area (Å²) in [6.07, 6.45) is 0. The average Bonchev–Trinajstić information content (AvgIpc) is 2.32. The molecular formula is C14H12BrClN2O. The second-order valence-corrected chi connectivity index (χ2v) is 5.44. The van der Waals surface area contributed by atoms with Gasteiger partial charge in [-0.15, -0.1) is 0 Å². The highest BCUT2D eigenvalue weighted by Gasteiger charge is 2.11. The summed E-state index contributed by atoms with van der Waals surface area (Å²) in [5.41, 5.74) is 8.53. The van der Waals surface area contributed by atoms with Crippen molar-refractivity contribution in [2.24, 2.45) is 0 Å². The predicted octanol–water partition coefficient (Wildman–Crippen LogP) is 4.25. The Kier molecular flexibility index (Phi) is 4.12. The van der Waals surface area contributed by atoms with Crippen molar-refractivity contribution < 1.29 is 4.79 Å². The number of nitrogens with one attached hydrogen (secondary N) is 1. The molecule has 0 saturated heterocycles. The fourth-order valence-electron chi connectivity index (χ4n) is 1.69. The molecule has 19 heavy (non-hydrogen) atoms. The van der Waals surface area contributed by atoms with Crippen LogP contribution in [0.5, 0.6) is 0 Å². The van der Waals surface area contributed by atoms with Crippen molar-refractivity contribution in [3.8, 4) is 0 Å². The SMILES string of the molecule is Cc1cc(N)ccc1NC(=O)c1ccc(Cl)cc1Br. The van der Waals surface area contributed by atoms with Crippen LogP contribution in [0.4, 0.5) is 11.4 Å². The fourth-order valence-corrected chi connectivity index (χ4v) is 2.55. The normalized spacial score (nSPS) is 10.3. The Balaban J connectivity index is 2.25. The van der Waals surface area contributed by atoms with Gasteiger partial charge in [-0.25, -0.2) is 0 Å². The lowest BCUT2D eigenvalue weighted by Crippen LogP contribution is -2.13. The molecule has 0 atom stereocenters. The van der Waals surface area contributed by atoms with Crippen molar-refractivity contribution in [2.75, 3.05) is 11.1 Å². The summed E-state index contributed by atoms with van der Waals surface area (Å²) >= 11 is 9.17. The van der Waals surface area contributed by atoms with E-state index in [1.165, 1.54) is 0 Å². The van der Waals surface area contributed by atoms with Gasteiger partial charge >= 0.3 is 0 Å². The third-order valence-corrected chi connectivity index (χ3v) is 3.57. The van der Waals surface area contributed by atoms with Crippen LogP contribution in [-0.2, 0) is 0 Å². The molecule has 0 aliphatic rings. The minimum atomic E-state index is -0.198. The highest BCUT2D eigenvalue weighted by atomic mass is 79.9. The fraction of sp³-hybridized carbons (Fsp3) is 0.0714. The van der Waals surface area contributed by atoms with Crippen molar-refractivity contribution in [3.63, 3.8) is 0 Å². The van der Waals surface area contributed by atoms with Gasteiger partial charge in [0, 0.05) is 20.9 Å². The first-order valence-electron chi connectivity index (χ1n) is 5.60. The zero-order valence-electron chi connectivity index (χ0n) is 10.2. The minimum absolute atomic E-state index is 0.198. The number of nitrogens with two attached hydrogens (primary N) is 1. The van der Waals surface area contributed by atoms with Crippen LogP contribution in [0.15, 0.2) is 40.9 Å². The molecule has 0 unspecified atom stereocenters. The summed E-state index contributed by atoms with van der Waals surface area (Å²) in [5, 5.41) is 3.42. The molecule has 3 N–H and O–H groups in total.